The van der Waals surface area contributed by atoms with Gasteiger partial charge in [-0.15, -0.1) is 0 Å². The lowest BCUT2D eigenvalue weighted by atomic mass is 10.2. The summed E-state index contributed by atoms with van der Waals surface area (Å²) in [5, 5.41) is 3.28. The van der Waals surface area contributed by atoms with E-state index in [4.69, 9.17) is 9.47 Å². The first-order chi connectivity index (χ1) is 9.71. The van der Waals surface area contributed by atoms with Crippen molar-refractivity contribution in [3.63, 3.8) is 0 Å². The van der Waals surface area contributed by atoms with E-state index >= 15 is 0 Å². The molecule has 0 radical (unpaired) electrons. The molecule has 1 aromatic rings. The fraction of sp³-hybridized carbons (Fsp3) is 0.533. The van der Waals surface area contributed by atoms with Crippen LogP contribution in [0.5, 0.6) is 11.5 Å². The van der Waals surface area contributed by atoms with Crippen LogP contribution in [0.1, 0.15) is 19.8 Å². The molecule has 1 saturated heterocycles. The summed E-state index contributed by atoms with van der Waals surface area (Å²) in [5.74, 6) is 1.49. The van der Waals surface area contributed by atoms with Gasteiger partial charge in [0.2, 0.25) is 5.91 Å². The molecule has 0 aromatic heterocycles. The molecule has 0 spiro atoms. The molecule has 1 aliphatic rings. The predicted molar refractivity (Wildman–Crippen MR) is 78.6 cm³/mol. The van der Waals surface area contributed by atoms with Crippen molar-refractivity contribution in [3.8, 4) is 11.5 Å². The van der Waals surface area contributed by atoms with Crippen molar-refractivity contribution in [2.75, 3.05) is 32.2 Å². The zero-order valence-corrected chi connectivity index (χ0v) is 12.3. The average Bonchev–Trinajstić information content (AvgIpc) is 2.85. The number of ether oxygens (including phenoxy) is 2. The number of nitrogens with zero attached hydrogens (tertiary/aromatic N) is 1. The lowest BCUT2D eigenvalue weighted by Crippen LogP contribution is -2.38. The molecule has 0 bridgehead atoms. The van der Waals surface area contributed by atoms with Crippen molar-refractivity contribution >= 4 is 11.6 Å². The monoisotopic (exact) mass is 278 g/mol. The summed E-state index contributed by atoms with van der Waals surface area (Å²) in [5.41, 5.74) is 0.805. The Labute approximate surface area is 119 Å². The van der Waals surface area contributed by atoms with Crippen LogP contribution in [0.4, 0.5) is 5.69 Å². The first-order valence-electron chi connectivity index (χ1n) is 6.98. The highest BCUT2D eigenvalue weighted by Gasteiger charge is 2.33. The fourth-order valence-corrected chi connectivity index (χ4v) is 2.43. The quantitative estimate of drug-likeness (QED) is 0.862. The summed E-state index contributed by atoms with van der Waals surface area (Å²) in [7, 11) is 3.21. The molecule has 0 aliphatic carbocycles. The summed E-state index contributed by atoms with van der Waals surface area (Å²) < 4.78 is 10.6. The van der Waals surface area contributed by atoms with Crippen LogP contribution in [-0.2, 0) is 4.79 Å². The van der Waals surface area contributed by atoms with Crippen LogP contribution in [0.15, 0.2) is 18.2 Å². The lowest BCUT2D eigenvalue weighted by molar-refractivity contribution is -0.118. The number of benzene rings is 1. The van der Waals surface area contributed by atoms with Crippen LogP contribution in [-0.4, -0.2) is 39.3 Å². The SMILES string of the molecule is CCCNC1CCN(c2ccc(OC)cc2OC)C1=O. The molecule has 110 valence electrons. The zero-order valence-electron chi connectivity index (χ0n) is 12.3. The molecule has 20 heavy (non-hydrogen) atoms. The Hall–Kier alpha value is -1.75. The third-order valence-electron chi connectivity index (χ3n) is 3.52. The third kappa shape index (κ3) is 2.88. The van der Waals surface area contributed by atoms with Crippen molar-refractivity contribution in [1.29, 1.82) is 0 Å². The Morgan fingerprint density at radius 1 is 1.35 bits per heavy atom. The van der Waals surface area contributed by atoms with Gasteiger partial charge in [-0.3, -0.25) is 4.79 Å². The van der Waals surface area contributed by atoms with Crippen molar-refractivity contribution in [2.24, 2.45) is 0 Å². The van der Waals surface area contributed by atoms with E-state index in [9.17, 15) is 4.79 Å². The number of anilines is 1. The van der Waals surface area contributed by atoms with Gasteiger partial charge in [0.15, 0.2) is 0 Å². The molecule has 1 aromatic carbocycles. The van der Waals surface area contributed by atoms with Crippen LogP contribution in [0.25, 0.3) is 0 Å². The Bertz CT molecular complexity index is 476. The zero-order chi connectivity index (χ0) is 14.5. The summed E-state index contributed by atoms with van der Waals surface area (Å²) in [4.78, 5) is 14.2. The van der Waals surface area contributed by atoms with Gasteiger partial charge in [-0.1, -0.05) is 6.92 Å². The van der Waals surface area contributed by atoms with Gasteiger partial charge in [0, 0.05) is 12.6 Å². The number of hydrogen-bond donors (Lipinski definition) is 1. The Kier molecular flexibility index (Phi) is 4.84. The van der Waals surface area contributed by atoms with E-state index < -0.39 is 0 Å². The van der Waals surface area contributed by atoms with Crippen molar-refractivity contribution in [2.45, 2.75) is 25.8 Å². The standard InChI is InChI=1S/C15H22N2O3/c1-4-8-16-12-7-9-17(15(12)18)13-6-5-11(19-2)10-14(13)20-3/h5-6,10,12,16H,4,7-9H2,1-3H3. The second-order valence-corrected chi connectivity index (χ2v) is 4.82. The van der Waals surface area contributed by atoms with Gasteiger partial charge in [0.25, 0.3) is 0 Å². The number of carbonyl (C=O) groups is 1. The molecular weight excluding hydrogens is 256 g/mol. The number of amides is 1. The second kappa shape index (κ2) is 6.61. The first kappa shape index (κ1) is 14.7. The van der Waals surface area contributed by atoms with Gasteiger partial charge in [-0.05, 0) is 31.5 Å². The summed E-state index contributed by atoms with van der Waals surface area (Å²) in [6.45, 7) is 3.67. The maximum absolute atomic E-state index is 12.4. The molecule has 1 atom stereocenters. The summed E-state index contributed by atoms with van der Waals surface area (Å²) in [6.07, 6.45) is 1.85. The molecule has 1 amide bonds. The molecule has 1 N–H and O–H groups in total. The van der Waals surface area contributed by atoms with Gasteiger partial charge >= 0.3 is 0 Å². The molecule has 5 heteroatoms. The van der Waals surface area contributed by atoms with E-state index in [1.807, 2.05) is 12.1 Å². The predicted octanol–water partition coefficient (Wildman–Crippen LogP) is 1.81. The van der Waals surface area contributed by atoms with E-state index in [1.165, 1.54) is 0 Å². The number of rotatable bonds is 6. The summed E-state index contributed by atoms with van der Waals surface area (Å²) >= 11 is 0. The lowest BCUT2D eigenvalue weighted by Gasteiger charge is -2.20. The molecule has 0 saturated carbocycles. The van der Waals surface area contributed by atoms with Gasteiger partial charge < -0.3 is 19.7 Å². The Morgan fingerprint density at radius 3 is 2.80 bits per heavy atom. The van der Waals surface area contributed by atoms with Crippen molar-refractivity contribution < 1.29 is 14.3 Å². The maximum atomic E-state index is 12.4. The molecule has 1 aliphatic heterocycles. The van der Waals surface area contributed by atoms with E-state index in [-0.39, 0.29) is 11.9 Å². The maximum Gasteiger partial charge on any atom is 0.244 e. The first-order valence-corrected chi connectivity index (χ1v) is 6.98. The number of carbonyl (C=O) groups excluding carboxylic acids is 1. The van der Waals surface area contributed by atoms with E-state index in [2.05, 4.69) is 12.2 Å². The van der Waals surface area contributed by atoms with E-state index in [1.54, 1.807) is 25.2 Å². The Morgan fingerprint density at radius 2 is 2.15 bits per heavy atom. The largest absolute Gasteiger partial charge is 0.497 e. The minimum Gasteiger partial charge on any atom is -0.497 e. The third-order valence-corrected chi connectivity index (χ3v) is 3.52. The number of hydrogen-bond acceptors (Lipinski definition) is 4. The van der Waals surface area contributed by atoms with Crippen LogP contribution < -0.4 is 19.7 Å². The van der Waals surface area contributed by atoms with Crippen LogP contribution in [0, 0.1) is 0 Å². The average molecular weight is 278 g/mol. The number of nitrogens with one attached hydrogen (secondary N) is 1. The summed E-state index contributed by atoms with van der Waals surface area (Å²) in [6, 6.07) is 5.44. The smallest absolute Gasteiger partial charge is 0.244 e. The van der Waals surface area contributed by atoms with Crippen molar-refractivity contribution in [3.05, 3.63) is 18.2 Å². The van der Waals surface area contributed by atoms with Gasteiger partial charge in [0.1, 0.15) is 11.5 Å². The molecule has 5 nitrogen and oxygen atoms in total. The number of methoxy groups -OCH3 is 2. The molecular formula is C15H22N2O3. The Balaban J connectivity index is 2.18. The van der Waals surface area contributed by atoms with Crippen LogP contribution in [0.2, 0.25) is 0 Å². The normalized spacial score (nSPS) is 18.4. The second-order valence-electron chi connectivity index (χ2n) is 4.82. The minimum absolute atomic E-state index is 0.0817. The fourth-order valence-electron chi connectivity index (χ4n) is 2.43. The van der Waals surface area contributed by atoms with Crippen molar-refractivity contribution in [1.82, 2.24) is 5.32 Å². The van der Waals surface area contributed by atoms with Crippen LogP contribution in [0.3, 0.4) is 0 Å². The topological polar surface area (TPSA) is 50.8 Å². The molecule has 1 fully saturated rings. The van der Waals surface area contributed by atoms with E-state index in [0.29, 0.717) is 12.3 Å². The van der Waals surface area contributed by atoms with Gasteiger partial charge in [-0.25, -0.2) is 0 Å². The highest BCUT2D eigenvalue weighted by atomic mass is 16.5. The van der Waals surface area contributed by atoms with Gasteiger partial charge in [-0.2, -0.15) is 0 Å². The van der Waals surface area contributed by atoms with Gasteiger partial charge in [0.05, 0.1) is 25.9 Å². The van der Waals surface area contributed by atoms with E-state index in [0.717, 1.165) is 30.8 Å². The molecule has 1 heterocycles. The molecule has 1 unspecified atom stereocenters. The highest BCUT2D eigenvalue weighted by Crippen LogP contribution is 2.34. The van der Waals surface area contributed by atoms with Crippen LogP contribution >= 0.6 is 0 Å². The minimum atomic E-state index is -0.0817. The molecule has 2 rings (SSSR count). The highest BCUT2D eigenvalue weighted by molar-refractivity contribution is 6.00.